The first-order chi connectivity index (χ1) is 6.89. The van der Waals surface area contributed by atoms with Gasteiger partial charge in [-0.15, -0.1) is 0 Å². The lowest BCUT2D eigenvalue weighted by Gasteiger charge is -2.11. The molecule has 0 saturated carbocycles. The lowest BCUT2D eigenvalue weighted by molar-refractivity contribution is 0.384. The summed E-state index contributed by atoms with van der Waals surface area (Å²) in [7, 11) is -1.92. The Bertz CT molecular complexity index is 452. The van der Waals surface area contributed by atoms with Gasteiger partial charge in [-0.05, 0) is 32.4 Å². The summed E-state index contributed by atoms with van der Waals surface area (Å²) in [6, 6.07) is 1.58. The molecule has 0 atom stereocenters. The van der Waals surface area contributed by atoms with Crippen LogP contribution in [0.1, 0.15) is 19.4 Å². The predicted molar refractivity (Wildman–Crippen MR) is 57.8 cm³/mol. The minimum Gasteiger partial charge on any atom is -0.480 e. The molecule has 84 valence electrons. The van der Waals surface area contributed by atoms with Crippen LogP contribution < -0.4 is 4.74 Å². The average molecular weight is 229 g/mol. The number of aryl methyl sites for hydroxylation is 1. The van der Waals surface area contributed by atoms with Crippen molar-refractivity contribution in [3.63, 3.8) is 0 Å². The summed E-state index contributed by atoms with van der Waals surface area (Å²) in [5.74, 6) is 0.161. The van der Waals surface area contributed by atoms with Crippen LogP contribution in [-0.2, 0) is 9.84 Å². The van der Waals surface area contributed by atoms with E-state index in [9.17, 15) is 8.42 Å². The van der Waals surface area contributed by atoms with Gasteiger partial charge in [0.15, 0.2) is 9.84 Å². The Balaban J connectivity index is 3.42. The van der Waals surface area contributed by atoms with Crippen molar-refractivity contribution in [2.45, 2.75) is 30.9 Å². The minimum absolute atomic E-state index is 0.161. The van der Waals surface area contributed by atoms with Gasteiger partial charge in [0.1, 0.15) is 4.90 Å². The van der Waals surface area contributed by atoms with E-state index in [4.69, 9.17) is 4.74 Å². The zero-order valence-corrected chi connectivity index (χ0v) is 10.1. The van der Waals surface area contributed by atoms with Gasteiger partial charge in [0.05, 0.1) is 12.4 Å². The maximum atomic E-state index is 11.9. The fraction of sp³-hybridized carbons (Fsp3) is 0.500. The molecular formula is C10H15NO3S. The van der Waals surface area contributed by atoms with E-state index >= 15 is 0 Å². The van der Waals surface area contributed by atoms with Gasteiger partial charge in [0, 0.05) is 6.20 Å². The highest BCUT2D eigenvalue weighted by atomic mass is 32.2. The number of methoxy groups -OCH3 is 1. The number of rotatable bonds is 3. The third kappa shape index (κ3) is 2.28. The second-order valence-electron chi connectivity index (χ2n) is 3.61. The molecule has 1 aromatic heterocycles. The lowest BCUT2D eigenvalue weighted by Crippen LogP contribution is -2.15. The molecule has 0 aliphatic heterocycles. The molecule has 0 spiro atoms. The van der Waals surface area contributed by atoms with Crippen LogP contribution in [0, 0.1) is 6.92 Å². The Morgan fingerprint density at radius 2 is 2.00 bits per heavy atom. The predicted octanol–water partition coefficient (Wildman–Crippen LogP) is 1.58. The second-order valence-corrected chi connectivity index (χ2v) is 6.09. The third-order valence-electron chi connectivity index (χ3n) is 2.08. The SMILES string of the molecule is COc1ncc(C)cc1S(=O)(=O)C(C)C. The van der Waals surface area contributed by atoms with Crippen molar-refractivity contribution in [3.05, 3.63) is 17.8 Å². The first-order valence-electron chi connectivity index (χ1n) is 4.64. The molecule has 5 heteroatoms. The molecule has 0 aliphatic carbocycles. The van der Waals surface area contributed by atoms with Crippen LogP contribution >= 0.6 is 0 Å². The summed E-state index contributed by atoms with van der Waals surface area (Å²) < 4.78 is 28.8. The molecule has 0 unspecified atom stereocenters. The zero-order chi connectivity index (χ0) is 11.6. The highest BCUT2D eigenvalue weighted by Gasteiger charge is 2.24. The van der Waals surface area contributed by atoms with Gasteiger partial charge in [0.2, 0.25) is 5.88 Å². The maximum absolute atomic E-state index is 11.9. The van der Waals surface area contributed by atoms with Crippen molar-refractivity contribution >= 4 is 9.84 Å². The fourth-order valence-corrected chi connectivity index (χ4v) is 2.38. The van der Waals surface area contributed by atoms with Crippen LogP contribution in [0.25, 0.3) is 0 Å². The number of pyridine rings is 1. The molecule has 4 nitrogen and oxygen atoms in total. The van der Waals surface area contributed by atoms with Gasteiger partial charge in [0.25, 0.3) is 0 Å². The summed E-state index contributed by atoms with van der Waals surface area (Å²) in [6.45, 7) is 5.07. The van der Waals surface area contributed by atoms with E-state index in [1.807, 2.05) is 0 Å². The first-order valence-corrected chi connectivity index (χ1v) is 6.18. The first kappa shape index (κ1) is 12.0. The molecule has 0 aliphatic rings. The Kier molecular flexibility index (Phi) is 3.34. The molecule has 0 radical (unpaired) electrons. The lowest BCUT2D eigenvalue weighted by atomic mass is 10.3. The third-order valence-corrected chi connectivity index (χ3v) is 4.22. The number of sulfone groups is 1. The van der Waals surface area contributed by atoms with Crippen molar-refractivity contribution in [1.29, 1.82) is 0 Å². The van der Waals surface area contributed by atoms with Crippen LogP contribution in [0.5, 0.6) is 5.88 Å². The number of hydrogen-bond donors (Lipinski definition) is 0. The van der Waals surface area contributed by atoms with Crippen molar-refractivity contribution < 1.29 is 13.2 Å². The van der Waals surface area contributed by atoms with Gasteiger partial charge < -0.3 is 4.74 Å². The Morgan fingerprint density at radius 1 is 1.40 bits per heavy atom. The summed E-state index contributed by atoms with van der Waals surface area (Å²) >= 11 is 0. The quantitative estimate of drug-likeness (QED) is 0.789. The topological polar surface area (TPSA) is 56.3 Å². The van der Waals surface area contributed by atoms with Gasteiger partial charge >= 0.3 is 0 Å². The van der Waals surface area contributed by atoms with Crippen LogP contribution in [0.15, 0.2) is 17.2 Å². The fourth-order valence-electron chi connectivity index (χ4n) is 1.14. The van der Waals surface area contributed by atoms with E-state index < -0.39 is 15.1 Å². The maximum Gasteiger partial charge on any atom is 0.232 e. The van der Waals surface area contributed by atoms with Crippen molar-refractivity contribution in [3.8, 4) is 5.88 Å². The molecular weight excluding hydrogens is 214 g/mol. The summed E-state index contributed by atoms with van der Waals surface area (Å²) in [5.41, 5.74) is 0.801. The van der Waals surface area contributed by atoms with Gasteiger partial charge in [-0.25, -0.2) is 13.4 Å². The molecule has 1 aromatic rings. The van der Waals surface area contributed by atoms with Crippen molar-refractivity contribution in [1.82, 2.24) is 4.98 Å². The van der Waals surface area contributed by atoms with Crippen molar-refractivity contribution in [2.75, 3.05) is 7.11 Å². The molecule has 0 N–H and O–H groups in total. The van der Waals surface area contributed by atoms with Crippen LogP contribution in [0.3, 0.4) is 0 Å². The highest BCUT2D eigenvalue weighted by molar-refractivity contribution is 7.92. The number of aromatic nitrogens is 1. The summed E-state index contributed by atoms with van der Waals surface area (Å²) in [5, 5.41) is -0.477. The second kappa shape index (κ2) is 4.18. The molecule has 0 bridgehead atoms. The highest BCUT2D eigenvalue weighted by Crippen LogP contribution is 2.25. The smallest absolute Gasteiger partial charge is 0.232 e. The minimum atomic E-state index is -3.33. The summed E-state index contributed by atoms with van der Waals surface area (Å²) in [6.07, 6.45) is 1.58. The van der Waals surface area contributed by atoms with Gasteiger partial charge in [-0.2, -0.15) is 0 Å². The van der Waals surface area contributed by atoms with E-state index in [0.717, 1.165) is 5.56 Å². The largest absolute Gasteiger partial charge is 0.480 e. The van der Waals surface area contributed by atoms with Gasteiger partial charge in [-0.1, -0.05) is 0 Å². The van der Waals surface area contributed by atoms with E-state index in [1.165, 1.54) is 7.11 Å². The number of ether oxygens (including phenoxy) is 1. The van der Waals surface area contributed by atoms with Crippen LogP contribution in [0.4, 0.5) is 0 Å². The van der Waals surface area contributed by atoms with E-state index in [0.29, 0.717) is 0 Å². The van der Waals surface area contributed by atoms with E-state index in [-0.39, 0.29) is 10.8 Å². The zero-order valence-electron chi connectivity index (χ0n) is 9.31. The van der Waals surface area contributed by atoms with E-state index in [2.05, 4.69) is 4.98 Å². The standard InChI is InChI=1S/C10H15NO3S/c1-7(2)15(12,13)9-5-8(3)6-11-10(9)14-4/h5-7H,1-4H3. The molecule has 1 heterocycles. The van der Waals surface area contributed by atoms with Crippen molar-refractivity contribution in [2.24, 2.45) is 0 Å². The Labute approximate surface area is 90.2 Å². The van der Waals surface area contributed by atoms with Gasteiger partial charge in [-0.3, -0.25) is 0 Å². The Hall–Kier alpha value is -1.10. The van der Waals surface area contributed by atoms with Crippen LogP contribution in [0.2, 0.25) is 0 Å². The number of hydrogen-bond acceptors (Lipinski definition) is 4. The molecule has 0 amide bonds. The molecule has 0 saturated heterocycles. The normalized spacial score (nSPS) is 11.8. The molecule has 15 heavy (non-hydrogen) atoms. The van der Waals surface area contributed by atoms with Crippen LogP contribution in [-0.4, -0.2) is 25.8 Å². The number of nitrogens with zero attached hydrogens (tertiary/aromatic N) is 1. The average Bonchev–Trinajstić information content (AvgIpc) is 2.17. The molecule has 0 fully saturated rings. The Morgan fingerprint density at radius 3 is 2.47 bits per heavy atom. The molecule has 0 aromatic carbocycles. The van der Waals surface area contributed by atoms with E-state index in [1.54, 1.807) is 33.0 Å². The summed E-state index contributed by atoms with van der Waals surface area (Å²) in [4.78, 5) is 4.11. The monoisotopic (exact) mass is 229 g/mol. The molecule has 1 rings (SSSR count).